The Morgan fingerprint density at radius 1 is 0.519 bits per heavy atom. The maximum Gasteiger partial charge on any atom is 0.472 e. The number of carbonyl (C=O) groups is 1. The van der Waals surface area contributed by atoms with Crippen molar-refractivity contribution in [1.29, 1.82) is 0 Å². The second-order valence-electron chi connectivity index (χ2n) is 16.4. The first-order valence-electron chi connectivity index (χ1n) is 22.3. The lowest BCUT2D eigenvalue weighted by Crippen LogP contribution is -2.37. The second kappa shape index (κ2) is 37.4. The second-order valence-corrected chi connectivity index (χ2v) is 17.9. The molecule has 0 aromatic heterocycles. The fraction of sp³-hybridized carbons (Fsp3) is 0.977. The van der Waals surface area contributed by atoms with Crippen LogP contribution in [-0.4, -0.2) is 75.6 Å². The Bertz CT molecular complexity index is 807. The minimum atomic E-state index is -4.26. The van der Waals surface area contributed by atoms with E-state index in [1.807, 2.05) is 21.1 Å². The Labute approximate surface area is 323 Å². The number of nitrogens with zero attached hydrogens (tertiary/aromatic N) is 1. The molecule has 0 amide bonds. The lowest BCUT2D eigenvalue weighted by molar-refractivity contribution is -0.870. The third-order valence-corrected chi connectivity index (χ3v) is 10.9. The fourth-order valence-electron chi connectivity index (χ4n) is 6.44. The molecule has 0 bridgehead atoms. The van der Waals surface area contributed by atoms with E-state index in [2.05, 4.69) is 13.8 Å². The van der Waals surface area contributed by atoms with Crippen LogP contribution in [0.3, 0.4) is 0 Å². The standard InChI is InChI=1S/C43H88NO7P/c1-6-8-10-12-14-16-18-20-22-23-24-26-28-30-32-34-36-43(45)51-42(41-50-52(46,47)49-39-37-44(3,4)5)40-48-38-35-33-31-29-27-25-21-19-17-15-13-11-9-7-2/h42H,6-41H2,1-5H3/p+1/t42-/m1/s1. The Morgan fingerprint density at radius 3 is 1.27 bits per heavy atom. The van der Waals surface area contributed by atoms with Crippen molar-refractivity contribution in [3.63, 3.8) is 0 Å². The van der Waals surface area contributed by atoms with Crippen molar-refractivity contribution in [2.45, 2.75) is 219 Å². The number of phosphoric ester groups is 1. The van der Waals surface area contributed by atoms with E-state index in [0.717, 1.165) is 32.1 Å². The smallest absolute Gasteiger partial charge is 0.457 e. The maximum atomic E-state index is 12.7. The van der Waals surface area contributed by atoms with Gasteiger partial charge in [-0.1, -0.05) is 194 Å². The molecular formula is C43H89NO7P+. The van der Waals surface area contributed by atoms with Crippen molar-refractivity contribution in [2.75, 3.05) is 54.1 Å². The van der Waals surface area contributed by atoms with Crippen molar-refractivity contribution >= 4 is 13.8 Å². The zero-order chi connectivity index (χ0) is 38.4. The van der Waals surface area contributed by atoms with Gasteiger partial charge in [0.1, 0.15) is 19.3 Å². The molecule has 0 saturated carbocycles. The first-order valence-corrected chi connectivity index (χ1v) is 23.8. The van der Waals surface area contributed by atoms with Crippen molar-refractivity contribution in [1.82, 2.24) is 0 Å². The van der Waals surface area contributed by atoms with Gasteiger partial charge in [0, 0.05) is 13.0 Å². The number of ether oxygens (including phenoxy) is 2. The number of phosphoric acid groups is 1. The molecule has 0 aliphatic heterocycles. The third-order valence-electron chi connectivity index (χ3n) is 9.92. The van der Waals surface area contributed by atoms with Crippen LogP contribution in [0.4, 0.5) is 0 Å². The van der Waals surface area contributed by atoms with E-state index in [1.165, 1.54) is 161 Å². The predicted molar refractivity (Wildman–Crippen MR) is 220 cm³/mol. The summed E-state index contributed by atoms with van der Waals surface area (Å²) in [5.74, 6) is -0.308. The van der Waals surface area contributed by atoms with Gasteiger partial charge in [-0.15, -0.1) is 0 Å². The average molecular weight is 763 g/mol. The first kappa shape index (κ1) is 51.5. The van der Waals surface area contributed by atoms with Crippen LogP contribution in [0.15, 0.2) is 0 Å². The molecule has 0 heterocycles. The predicted octanol–water partition coefficient (Wildman–Crippen LogP) is 12.9. The zero-order valence-electron chi connectivity index (χ0n) is 35.3. The van der Waals surface area contributed by atoms with Gasteiger partial charge < -0.3 is 18.9 Å². The summed E-state index contributed by atoms with van der Waals surface area (Å²) in [7, 11) is 1.69. The number of carbonyl (C=O) groups excluding carboxylic acids is 1. The molecule has 1 unspecified atom stereocenters. The monoisotopic (exact) mass is 763 g/mol. The van der Waals surface area contributed by atoms with Crippen LogP contribution in [0.1, 0.15) is 213 Å². The van der Waals surface area contributed by atoms with Crippen molar-refractivity contribution in [3.05, 3.63) is 0 Å². The molecule has 0 aromatic rings. The molecule has 0 aliphatic rings. The molecule has 2 atom stereocenters. The van der Waals surface area contributed by atoms with Crippen molar-refractivity contribution < 1.29 is 37.3 Å². The minimum Gasteiger partial charge on any atom is -0.457 e. The van der Waals surface area contributed by atoms with Crippen LogP contribution >= 0.6 is 7.82 Å². The summed E-state index contributed by atoms with van der Waals surface area (Å²) in [5, 5.41) is 0. The van der Waals surface area contributed by atoms with Crippen LogP contribution in [0.2, 0.25) is 0 Å². The molecule has 0 spiro atoms. The molecule has 8 nitrogen and oxygen atoms in total. The normalized spacial score (nSPS) is 13.7. The summed E-state index contributed by atoms with van der Waals surface area (Å²) in [5.41, 5.74) is 0. The molecule has 0 radical (unpaired) electrons. The van der Waals surface area contributed by atoms with Gasteiger partial charge in [0.2, 0.25) is 0 Å². The van der Waals surface area contributed by atoms with Crippen molar-refractivity contribution in [3.8, 4) is 0 Å². The Balaban J connectivity index is 4.18. The van der Waals surface area contributed by atoms with Gasteiger partial charge in [0.25, 0.3) is 0 Å². The highest BCUT2D eigenvalue weighted by atomic mass is 31.2. The Morgan fingerprint density at radius 2 is 0.885 bits per heavy atom. The Hall–Kier alpha value is -0.500. The summed E-state index contributed by atoms with van der Waals surface area (Å²) in [6.45, 7) is 5.68. The topological polar surface area (TPSA) is 91.3 Å². The van der Waals surface area contributed by atoms with Gasteiger partial charge >= 0.3 is 13.8 Å². The van der Waals surface area contributed by atoms with E-state index in [1.54, 1.807) is 0 Å². The summed E-state index contributed by atoms with van der Waals surface area (Å²) in [6.07, 6.45) is 38.4. The molecule has 1 N–H and O–H groups in total. The Kier molecular flexibility index (Phi) is 37.1. The highest BCUT2D eigenvalue weighted by molar-refractivity contribution is 7.47. The first-order chi connectivity index (χ1) is 25.1. The summed E-state index contributed by atoms with van der Waals surface area (Å²) >= 11 is 0. The van der Waals surface area contributed by atoms with E-state index in [4.69, 9.17) is 18.5 Å². The minimum absolute atomic E-state index is 0.0939. The summed E-state index contributed by atoms with van der Waals surface area (Å²) in [6, 6.07) is 0. The zero-order valence-corrected chi connectivity index (χ0v) is 36.2. The van der Waals surface area contributed by atoms with Crippen molar-refractivity contribution in [2.24, 2.45) is 0 Å². The number of hydrogen-bond acceptors (Lipinski definition) is 6. The van der Waals surface area contributed by atoms with Gasteiger partial charge in [0.15, 0.2) is 0 Å². The van der Waals surface area contributed by atoms with E-state index in [0.29, 0.717) is 24.1 Å². The molecule has 0 aromatic carbocycles. The molecular weight excluding hydrogens is 673 g/mol. The largest absolute Gasteiger partial charge is 0.472 e. The highest BCUT2D eigenvalue weighted by Gasteiger charge is 2.26. The van der Waals surface area contributed by atoms with Crippen LogP contribution in [0.5, 0.6) is 0 Å². The van der Waals surface area contributed by atoms with E-state index in [-0.39, 0.29) is 25.8 Å². The SMILES string of the molecule is CCCCCCCCCCCCCCCCCCC(=O)O[C@H](COCCCCCCCCCCCCCCCC)COP(=O)(O)OCC[N+](C)(C)C. The molecule has 52 heavy (non-hydrogen) atoms. The van der Waals surface area contributed by atoms with Gasteiger partial charge in [-0.05, 0) is 12.8 Å². The van der Waals surface area contributed by atoms with Crippen LogP contribution in [0, 0.1) is 0 Å². The number of quaternary nitrogens is 1. The van der Waals surface area contributed by atoms with Gasteiger partial charge in [-0.3, -0.25) is 13.8 Å². The highest BCUT2D eigenvalue weighted by Crippen LogP contribution is 2.43. The average Bonchev–Trinajstić information content (AvgIpc) is 3.09. The number of likely N-dealkylation sites (N-methyl/N-ethyl adjacent to an activating group) is 1. The lowest BCUT2D eigenvalue weighted by Gasteiger charge is -2.24. The van der Waals surface area contributed by atoms with E-state index >= 15 is 0 Å². The molecule has 0 aliphatic carbocycles. The van der Waals surface area contributed by atoms with Gasteiger partial charge in [-0.25, -0.2) is 4.57 Å². The molecule has 0 saturated heterocycles. The van der Waals surface area contributed by atoms with E-state index < -0.39 is 13.9 Å². The molecule has 9 heteroatoms. The van der Waals surface area contributed by atoms with Crippen LogP contribution in [-0.2, 0) is 27.9 Å². The number of rotatable bonds is 42. The molecule has 312 valence electrons. The fourth-order valence-corrected chi connectivity index (χ4v) is 7.18. The number of esters is 1. The summed E-state index contributed by atoms with van der Waals surface area (Å²) < 4.78 is 35.0. The number of unbranched alkanes of at least 4 members (excludes halogenated alkanes) is 28. The van der Waals surface area contributed by atoms with Gasteiger partial charge in [-0.2, -0.15) is 0 Å². The lowest BCUT2D eigenvalue weighted by atomic mass is 10.0. The molecule has 0 rings (SSSR count). The number of hydrogen-bond donors (Lipinski definition) is 1. The quantitative estimate of drug-likeness (QED) is 0.0286. The van der Waals surface area contributed by atoms with Gasteiger partial charge in [0.05, 0.1) is 34.4 Å². The third kappa shape index (κ3) is 40.7. The van der Waals surface area contributed by atoms with Crippen LogP contribution in [0.25, 0.3) is 0 Å². The van der Waals surface area contributed by atoms with Crippen LogP contribution < -0.4 is 0 Å². The maximum absolute atomic E-state index is 12.7. The summed E-state index contributed by atoms with van der Waals surface area (Å²) in [4.78, 5) is 22.9. The van der Waals surface area contributed by atoms with E-state index in [9.17, 15) is 14.3 Å². The molecule has 0 fully saturated rings.